The summed E-state index contributed by atoms with van der Waals surface area (Å²) in [5.74, 6) is 1.18. The fourth-order valence-corrected chi connectivity index (χ4v) is 3.71. The Labute approximate surface area is 189 Å². The van der Waals surface area contributed by atoms with Crippen LogP contribution in [-0.4, -0.2) is 44.6 Å². The topological polar surface area (TPSA) is 47.8 Å². The Balaban J connectivity index is 0.00000300. The van der Waals surface area contributed by atoms with E-state index in [0.29, 0.717) is 5.56 Å². The Morgan fingerprint density at radius 1 is 1.00 bits per heavy atom. The van der Waals surface area contributed by atoms with Gasteiger partial charge in [-0.25, -0.2) is 4.79 Å². The summed E-state index contributed by atoms with van der Waals surface area (Å²) in [7, 11) is 6.72. The van der Waals surface area contributed by atoms with Crippen molar-refractivity contribution in [3.63, 3.8) is 0 Å². The van der Waals surface area contributed by atoms with Gasteiger partial charge in [0, 0.05) is 29.3 Å². The molecule has 0 saturated carbocycles. The van der Waals surface area contributed by atoms with Crippen molar-refractivity contribution in [2.45, 2.75) is 19.3 Å². The maximum absolute atomic E-state index is 11.9. The van der Waals surface area contributed by atoms with Crippen LogP contribution in [0.1, 0.15) is 35.3 Å². The van der Waals surface area contributed by atoms with Gasteiger partial charge in [-0.3, -0.25) is 0 Å². The Morgan fingerprint density at radius 3 is 2.34 bits per heavy atom. The minimum atomic E-state index is -0.326. The largest absolute Gasteiger partial charge is 1.00 e. The van der Waals surface area contributed by atoms with Crippen LogP contribution in [0.3, 0.4) is 0 Å². The lowest BCUT2D eigenvalue weighted by molar-refractivity contribution is -0.401. The summed E-state index contributed by atoms with van der Waals surface area (Å²) in [4.78, 5) is 11.9. The monoisotopic (exact) mass is 507 g/mol. The standard InChI is InChI=1S/C23H26NO4.HI/c1-23(2)18-13-16(22(25)28-6)8-11-19(18)24(3)21(23)12-9-15-7-10-17(26-4)14-20(15)27-5;/h7-14H,1-6H3;1H/q+1;/p-1/b12-9+;. The second kappa shape index (κ2) is 8.98. The predicted octanol–water partition coefficient (Wildman–Crippen LogP) is 1.21. The summed E-state index contributed by atoms with van der Waals surface area (Å²) >= 11 is 0. The summed E-state index contributed by atoms with van der Waals surface area (Å²) in [6.07, 6.45) is 4.14. The first kappa shape index (κ1) is 22.9. The second-order valence-electron chi connectivity index (χ2n) is 7.23. The number of nitrogens with zero attached hydrogens (tertiary/aromatic N) is 1. The van der Waals surface area contributed by atoms with Gasteiger partial charge in [-0.1, -0.05) is 0 Å². The number of fused-ring (bicyclic) bond motifs is 1. The SMILES string of the molecule is COC(=O)c1ccc2c(c1)C(C)(C)C(/C=C/c1ccc(OC)cc1OC)=[N+]2C.[I-]. The molecule has 2 aromatic rings. The molecule has 2 aromatic carbocycles. The number of carbonyl (C=O) groups excluding carboxylic acids is 1. The van der Waals surface area contributed by atoms with Gasteiger partial charge in [0.1, 0.15) is 18.5 Å². The fourth-order valence-electron chi connectivity index (χ4n) is 3.71. The Kier molecular flexibility index (Phi) is 7.11. The molecule has 0 unspecified atom stereocenters. The lowest BCUT2D eigenvalue weighted by Gasteiger charge is -2.16. The molecule has 0 N–H and O–H groups in total. The van der Waals surface area contributed by atoms with E-state index in [4.69, 9.17) is 14.2 Å². The highest BCUT2D eigenvalue weighted by atomic mass is 127. The summed E-state index contributed by atoms with van der Waals surface area (Å²) in [5, 5.41) is 0. The van der Waals surface area contributed by atoms with Crippen molar-refractivity contribution in [2.24, 2.45) is 0 Å². The van der Waals surface area contributed by atoms with Gasteiger partial charge in [-0.15, -0.1) is 0 Å². The molecular weight excluding hydrogens is 481 g/mol. The number of rotatable bonds is 5. The molecule has 0 aromatic heterocycles. The predicted molar refractivity (Wildman–Crippen MR) is 110 cm³/mol. The van der Waals surface area contributed by atoms with Gasteiger partial charge in [-0.05, 0) is 44.2 Å². The molecule has 0 fully saturated rings. The molecule has 0 spiro atoms. The number of hydrogen-bond acceptors (Lipinski definition) is 4. The fraction of sp³-hybridized carbons (Fsp3) is 0.304. The van der Waals surface area contributed by atoms with Gasteiger partial charge in [0.15, 0.2) is 5.71 Å². The molecule has 1 aliphatic rings. The van der Waals surface area contributed by atoms with Crippen molar-refractivity contribution in [1.82, 2.24) is 0 Å². The number of ether oxygens (including phenoxy) is 3. The molecule has 5 nitrogen and oxygen atoms in total. The molecule has 1 aliphatic heterocycles. The Hall–Kier alpha value is -2.35. The van der Waals surface area contributed by atoms with Crippen LogP contribution in [0, 0.1) is 0 Å². The van der Waals surface area contributed by atoms with Crippen molar-refractivity contribution in [3.8, 4) is 11.5 Å². The maximum atomic E-state index is 11.9. The third-order valence-electron chi connectivity index (χ3n) is 5.32. The third-order valence-corrected chi connectivity index (χ3v) is 5.32. The Morgan fingerprint density at radius 2 is 1.72 bits per heavy atom. The number of hydrogen-bond donors (Lipinski definition) is 0. The van der Waals surface area contributed by atoms with Gasteiger partial charge in [0.05, 0.1) is 32.3 Å². The van der Waals surface area contributed by atoms with E-state index in [0.717, 1.165) is 34.0 Å². The zero-order valence-electron chi connectivity index (χ0n) is 17.6. The molecule has 0 amide bonds. The normalized spacial score (nSPS) is 14.4. The summed E-state index contributed by atoms with van der Waals surface area (Å²) in [6, 6.07) is 11.4. The average Bonchev–Trinajstić information content (AvgIpc) is 2.90. The van der Waals surface area contributed by atoms with Crippen LogP contribution < -0.4 is 33.5 Å². The zero-order valence-corrected chi connectivity index (χ0v) is 19.7. The first-order valence-corrected chi connectivity index (χ1v) is 9.07. The first-order chi connectivity index (χ1) is 13.3. The zero-order chi connectivity index (χ0) is 20.5. The highest BCUT2D eigenvalue weighted by Crippen LogP contribution is 2.40. The molecule has 29 heavy (non-hydrogen) atoms. The summed E-state index contributed by atoms with van der Waals surface area (Å²) < 4.78 is 17.8. The van der Waals surface area contributed by atoms with Crippen molar-refractivity contribution >= 4 is 23.4 Å². The number of esters is 1. The molecule has 6 heteroatoms. The van der Waals surface area contributed by atoms with E-state index in [-0.39, 0.29) is 35.4 Å². The molecule has 3 rings (SSSR count). The van der Waals surface area contributed by atoms with E-state index in [1.165, 1.54) is 7.11 Å². The molecule has 154 valence electrons. The number of allylic oxidation sites excluding steroid dienone is 1. The van der Waals surface area contributed by atoms with Gasteiger partial charge in [0.2, 0.25) is 5.69 Å². The van der Waals surface area contributed by atoms with E-state index in [2.05, 4.69) is 24.5 Å². The Bertz CT molecular complexity index is 992. The number of methoxy groups -OCH3 is 3. The summed E-state index contributed by atoms with van der Waals surface area (Å²) in [6.45, 7) is 4.31. The maximum Gasteiger partial charge on any atom is 0.337 e. The second-order valence-corrected chi connectivity index (χ2v) is 7.23. The quantitative estimate of drug-likeness (QED) is 0.347. The molecule has 0 aliphatic carbocycles. The van der Waals surface area contributed by atoms with Crippen molar-refractivity contribution in [2.75, 3.05) is 28.4 Å². The number of halogens is 1. The minimum Gasteiger partial charge on any atom is -1.00 e. The molecule has 1 heterocycles. The van der Waals surface area contributed by atoms with Gasteiger partial charge < -0.3 is 38.2 Å². The lowest BCUT2D eigenvalue weighted by Crippen LogP contribution is -3.00. The van der Waals surface area contributed by atoms with Crippen LogP contribution in [0.5, 0.6) is 11.5 Å². The molecule has 0 radical (unpaired) electrons. The van der Waals surface area contributed by atoms with Crippen molar-refractivity contribution in [3.05, 3.63) is 59.2 Å². The molecule has 0 saturated heterocycles. The first-order valence-electron chi connectivity index (χ1n) is 9.07. The van der Waals surface area contributed by atoms with Crippen LogP contribution in [-0.2, 0) is 10.2 Å². The van der Waals surface area contributed by atoms with Crippen LogP contribution in [0.15, 0.2) is 42.5 Å². The average molecular weight is 507 g/mol. The van der Waals surface area contributed by atoms with Gasteiger partial charge in [0.25, 0.3) is 0 Å². The van der Waals surface area contributed by atoms with E-state index in [1.54, 1.807) is 20.3 Å². The smallest absolute Gasteiger partial charge is 0.337 e. The van der Waals surface area contributed by atoms with E-state index < -0.39 is 0 Å². The van der Waals surface area contributed by atoms with Crippen LogP contribution in [0.4, 0.5) is 5.69 Å². The molecule has 0 atom stereocenters. The van der Waals surface area contributed by atoms with Crippen molar-refractivity contribution in [1.29, 1.82) is 0 Å². The van der Waals surface area contributed by atoms with Gasteiger partial charge >= 0.3 is 5.97 Å². The van der Waals surface area contributed by atoms with E-state index in [9.17, 15) is 4.79 Å². The number of benzene rings is 2. The van der Waals surface area contributed by atoms with Crippen LogP contribution >= 0.6 is 0 Å². The van der Waals surface area contributed by atoms with E-state index in [1.807, 2.05) is 43.5 Å². The van der Waals surface area contributed by atoms with Crippen LogP contribution in [0.25, 0.3) is 6.08 Å². The molecular formula is C23H26INO4. The third kappa shape index (κ3) is 4.17. The lowest BCUT2D eigenvalue weighted by atomic mass is 9.80. The molecule has 0 bridgehead atoms. The minimum absolute atomic E-state index is 0. The van der Waals surface area contributed by atoms with Gasteiger partial charge in [-0.2, -0.15) is 4.58 Å². The number of carbonyl (C=O) groups is 1. The summed E-state index contributed by atoms with van der Waals surface area (Å²) in [5.41, 5.74) is 4.57. The van der Waals surface area contributed by atoms with Crippen LogP contribution in [0.2, 0.25) is 0 Å². The van der Waals surface area contributed by atoms with E-state index >= 15 is 0 Å². The van der Waals surface area contributed by atoms with Crippen molar-refractivity contribution < 1.29 is 47.6 Å². The highest BCUT2D eigenvalue weighted by molar-refractivity contribution is 6.06. The highest BCUT2D eigenvalue weighted by Gasteiger charge is 2.43.